The molecule has 0 saturated carbocycles. The molecule has 26 heavy (non-hydrogen) atoms. The highest BCUT2D eigenvalue weighted by atomic mass is 32.1. The lowest BCUT2D eigenvalue weighted by molar-refractivity contribution is -0.111. The Balaban J connectivity index is 1.50. The van der Waals surface area contributed by atoms with E-state index in [1.165, 1.54) is 17.4 Å². The van der Waals surface area contributed by atoms with Gasteiger partial charge in [0.25, 0.3) is 5.91 Å². The van der Waals surface area contributed by atoms with E-state index in [2.05, 4.69) is 5.32 Å². The zero-order valence-corrected chi connectivity index (χ0v) is 14.7. The van der Waals surface area contributed by atoms with Crippen molar-refractivity contribution < 1.29 is 14.0 Å². The molecule has 0 saturated heterocycles. The number of anilines is 2. The van der Waals surface area contributed by atoms with Gasteiger partial charge in [-0.2, -0.15) is 0 Å². The van der Waals surface area contributed by atoms with E-state index in [-0.39, 0.29) is 11.8 Å². The number of nitrogens with one attached hydrogen (secondary N) is 1. The lowest BCUT2D eigenvalue weighted by Crippen LogP contribution is -2.28. The monoisotopic (exact) mass is 364 g/mol. The fraction of sp³-hybridized carbons (Fsp3) is 0.100. The van der Waals surface area contributed by atoms with Crippen LogP contribution in [0, 0.1) is 0 Å². The highest BCUT2D eigenvalue weighted by Gasteiger charge is 2.26. The summed E-state index contributed by atoms with van der Waals surface area (Å²) in [7, 11) is 0. The second-order valence-corrected chi connectivity index (χ2v) is 6.81. The van der Waals surface area contributed by atoms with Crippen molar-refractivity contribution in [2.45, 2.75) is 6.42 Å². The van der Waals surface area contributed by atoms with E-state index in [4.69, 9.17) is 4.42 Å². The van der Waals surface area contributed by atoms with Crippen molar-refractivity contribution in [2.24, 2.45) is 0 Å². The molecule has 0 fully saturated rings. The maximum absolute atomic E-state index is 12.7. The van der Waals surface area contributed by atoms with Crippen LogP contribution in [0.2, 0.25) is 0 Å². The zero-order chi connectivity index (χ0) is 17.9. The maximum Gasteiger partial charge on any atom is 0.268 e. The van der Waals surface area contributed by atoms with Gasteiger partial charge in [0.2, 0.25) is 5.91 Å². The standard InChI is InChI=1S/C20H16N2O3S/c23-19(8-7-16-3-1-11-25-16)21-15-6-5-14-9-10-22(17(14)13-15)20(24)18-4-2-12-26-18/h1-8,11-13H,9-10H2,(H,21,23)/b8-7+. The van der Waals surface area contributed by atoms with Crippen LogP contribution in [0.15, 0.2) is 64.6 Å². The van der Waals surface area contributed by atoms with E-state index in [0.29, 0.717) is 22.9 Å². The molecule has 4 rings (SSSR count). The quantitative estimate of drug-likeness (QED) is 0.706. The summed E-state index contributed by atoms with van der Waals surface area (Å²) in [6.07, 6.45) is 5.40. The summed E-state index contributed by atoms with van der Waals surface area (Å²) in [5.74, 6) is 0.359. The van der Waals surface area contributed by atoms with Crippen LogP contribution in [0.5, 0.6) is 0 Å². The summed E-state index contributed by atoms with van der Waals surface area (Å²) in [6, 6.07) is 12.9. The molecule has 2 amide bonds. The van der Waals surface area contributed by atoms with Crippen LogP contribution in [-0.2, 0) is 11.2 Å². The first-order chi connectivity index (χ1) is 12.7. The van der Waals surface area contributed by atoms with E-state index in [0.717, 1.165) is 17.7 Å². The molecule has 2 aromatic heterocycles. The predicted octanol–water partition coefficient (Wildman–Crippen LogP) is 4.20. The van der Waals surface area contributed by atoms with Crippen LogP contribution in [-0.4, -0.2) is 18.4 Å². The SMILES string of the molecule is O=C(/C=C/c1ccco1)Nc1ccc2c(c1)N(C(=O)c1cccs1)CC2. The normalized spacial score (nSPS) is 13.2. The summed E-state index contributed by atoms with van der Waals surface area (Å²) in [6.45, 7) is 0.655. The summed E-state index contributed by atoms with van der Waals surface area (Å²) in [5, 5.41) is 4.72. The largest absolute Gasteiger partial charge is 0.465 e. The summed E-state index contributed by atoms with van der Waals surface area (Å²) in [5.41, 5.74) is 2.62. The minimum Gasteiger partial charge on any atom is -0.465 e. The molecule has 3 aromatic rings. The van der Waals surface area contributed by atoms with E-state index >= 15 is 0 Å². The van der Waals surface area contributed by atoms with Gasteiger partial charge in [0.05, 0.1) is 11.1 Å². The van der Waals surface area contributed by atoms with Gasteiger partial charge >= 0.3 is 0 Å². The van der Waals surface area contributed by atoms with Crippen LogP contribution < -0.4 is 10.2 Å². The molecule has 130 valence electrons. The zero-order valence-electron chi connectivity index (χ0n) is 13.8. The van der Waals surface area contributed by atoms with Crippen LogP contribution in [0.4, 0.5) is 11.4 Å². The van der Waals surface area contributed by atoms with E-state index in [1.54, 1.807) is 29.4 Å². The Morgan fingerprint density at radius 2 is 2.12 bits per heavy atom. The third kappa shape index (κ3) is 3.32. The number of fused-ring (bicyclic) bond motifs is 1. The molecule has 0 atom stereocenters. The number of hydrogen-bond donors (Lipinski definition) is 1. The molecule has 0 unspecified atom stereocenters. The van der Waals surface area contributed by atoms with Gasteiger partial charge in [-0.1, -0.05) is 12.1 Å². The third-order valence-electron chi connectivity index (χ3n) is 4.17. The van der Waals surface area contributed by atoms with Crippen molar-refractivity contribution in [1.82, 2.24) is 0 Å². The van der Waals surface area contributed by atoms with Crippen molar-refractivity contribution in [1.29, 1.82) is 0 Å². The smallest absolute Gasteiger partial charge is 0.268 e. The number of thiophene rings is 1. The van der Waals surface area contributed by atoms with Gasteiger partial charge in [0.15, 0.2) is 0 Å². The van der Waals surface area contributed by atoms with Crippen molar-refractivity contribution in [3.05, 3.63) is 76.4 Å². The van der Waals surface area contributed by atoms with Crippen LogP contribution in [0.3, 0.4) is 0 Å². The first kappa shape index (κ1) is 16.4. The Labute approximate surface area is 154 Å². The highest BCUT2D eigenvalue weighted by Crippen LogP contribution is 2.32. The average molecular weight is 364 g/mol. The fourth-order valence-electron chi connectivity index (χ4n) is 2.93. The van der Waals surface area contributed by atoms with Crippen molar-refractivity contribution in [3.63, 3.8) is 0 Å². The lowest BCUT2D eigenvalue weighted by atomic mass is 10.1. The molecule has 1 aliphatic rings. The van der Waals surface area contributed by atoms with Crippen molar-refractivity contribution in [2.75, 3.05) is 16.8 Å². The average Bonchev–Trinajstić information content (AvgIpc) is 3.40. The Morgan fingerprint density at radius 1 is 1.19 bits per heavy atom. The molecule has 1 aliphatic heterocycles. The minimum absolute atomic E-state index is 0.0000540. The molecule has 0 aliphatic carbocycles. The van der Waals surface area contributed by atoms with E-state index in [1.807, 2.05) is 35.7 Å². The number of furan rings is 1. The van der Waals surface area contributed by atoms with Crippen LogP contribution in [0.1, 0.15) is 21.0 Å². The molecule has 1 aromatic carbocycles. The highest BCUT2D eigenvalue weighted by molar-refractivity contribution is 7.12. The summed E-state index contributed by atoms with van der Waals surface area (Å²) in [4.78, 5) is 27.2. The van der Waals surface area contributed by atoms with Gasteiger partial charge in [0.1, 0.15) is 5.76 Å². The molecule has 1 N–H and O–H groups in total. The Bertz CT molecular complexity index is 959. The first-order valence-corrected chi connectivity index (χ1v) is 9.09. The van der Waals surface area contributed by atoms with Gasteiger partial charge in [0, 0.05) is 24.0 Å². The third-order valence-corrected chi connectivity index (χ3v) is 5.03. The number of rotatable bonds is 4. The van der Waals surface area contributed by atoms with Gasteiger partial charge in [-0.25, -0.2) is 0 Å². The predicted molar refractivity (Wildman–Crippen MR) is 103 cm³/mol. The number of nitrogens with zero attached hydrogens (tertiary/aromatic N) is 1. The first-order valence-electron chi connectivity index (χ1n) is 8.21. The molecular formula is C20H16N2O3S. The molecule has 0 spiro atoms. The van der Waals surface area contributed by atoms with Crippen LogP contribution in [0.25, 0.3) is 6.08 Å². The lowest BCUT2D eigenvalue weighted by Gasteiger charge is -2.17. The molecule has 0 bridgehead atoms. The van der Waals surface area contributed by atoms with E-state index < -0.39 is 0 Å². The molecule has 6 heteroatoms. The molecular weight excluding hydrogens is 348 g/mol. The number of hydrogen-bond acceptors (Lipinski definition) is 4. The second kappa shape index (κ2) is 7.01. The van der Waals surface area contributed by atoms with Crippen molar-refractivity contribution >= 4 is 40.6 Å². The number of carbonyl (C=O) groups excluding carboxylic acids is 2. The topological polar surface area (TPSA) is 62.6 Å². The minimum atomic E-state index is -0.254. The number of amides is 2. The Hall–Kier alpha value is -3.12. The second-order valence-electron chi connectivity index (χ2n) is 5.87. The molecule has 3 heterocycles. The van der Waals surface area contributed by atoms with E-state index in [9.17, 15) is 9.59 Å². The van der Waals surface area contributed by atoms with Gasteiger partial charge in [-0.15, -0.1) is 11.3 Å². The summed E-state index contributed by atoms with van der Waals surface area (Å²) < 4.78 is 5.16. The van der Waals surface area contributed by atoms with Gasteiger partial charge in [-0.3, -0.25) is 9.59 Å². The van der Waals surface area contributed by atoms with Crippen LogP contribution >= 0.6 is 11.3 Å². The molecule has 5 nitrogen and oxygen atoms in total. The van der Waals surface area contributed by atoms with Crippen molar-refractivity contribution in [3.8, 4) is 0 Å². The summed E-state index contributed by atoms with van der Waals surface area (Å²) >= 11 is 1.43. The Morgan fingerprint density at radius 3 is 2.88 bits per heavy atom. The van der Waals surface area contributed by atoms with Gasteiger partial charge in [-0.05, 0) is 53.8 Å². The number of carbonyl (C=O) groups is 2. The van der Waals surface area contributed by atoms with Gasteiger partial charge < -0.3 is 14.6 Å². The Kier molecular flexibility index (Phi) is 4.41. The number of benzene rings is 1. The maximum atomic E-state index is 12.7. The molecule has 0 radical (unpaired) electrons. The fourth-order valence-corrected chi connectivity index (χ4v) is 3.60.